The van der Waals surface area contributed by atoms with Gasteiger partial charge in [0.05, 0.1) is 7.11 Å². The number of para-hydroxylation sites is 1. The van der Waals surface area contributed by atoms with E-state index >= 15 is 0 Å². The van der Waals surface area contributed by atoms with Crippen LogP contribution in [-0.2, 0) is 9.16 Å². The number of ether oxygens (including phenoxy) is 2. The van der Waals surface area contributed by atoms with E-state index in [9.17, 15) is 9.59 Å². The molecule has 1 aromatic rings. The quantitative estimate of drug-likeness (QED) is 0.480. The Hall–Kier alpha value is -1.82. The maximum absolute atomic E-state index is 12.4. The molecule has 0 bridgehead atoms. The molecule has 0 radical (unpaired) electrons. The van der Waals surface area contributed by atoms with Crippen LogP contribution in [0.2, 0.25) is 18.1 Å². The summed E-state index contributed by atoms with van der Waals surface area (Å²) in [7, 11) is -1.04. The van der Waals surface area contributed by atoms with Crippen LogP contribution < -0.4 is 4.74 Å². The molecule has 0 saturated heterocycles. The highest BCUT2D eigenvalue weighted by Crippen LogP contribution is 2.37. The van der Waals surface area contributed by atoms with Gasteiger partial charge in [-0.3, -0.25) is 0 Å². The minimum atomic E-state index is -2.24. The lowest BCUT2D eigenvalue weighted by molar-refractivity contribution is 0.0707. The van der Waals surface area contributed by atoms with E-state index in [1.54, 1.807) is 18.2 Å². The molecule has 0 atom stereocenters. The number of benzene rings is 1. The van der Waals surface area contributed by atoms with Crippen molar-refractivity contribution in [3.05, 3.63) is 29.8 Å². The number of carbonyl (C=O) groups is 2. The number of methoxy groups -OCH3 is 1. The van der Waals surface area contributed by atoms with Crippen LogP contribution in [0.3, 0.4) is 0 Å². The summed E-state index contributed by atoms with van der Waals surface area (Å²) in [6.45, 7) is 10.1. The Morgan fingerprint density at radius 2 is 1.67 bits per heavy atom. The average molecular weight is 310 g/mol. The van der Waals surface area contributed by atoms with Crippen LogP contribution in [0.1, 0.15) is 31.1 Å². The van der Waals surface area contributed by atoms with E-state index in [4.69, 9.17) is 9.16 Å². The number of hydrogen-bond acceptors (Lipinski definition) is 5. The Labute approximate surface area is 126 Å². The van der Waals surface area contributed by atoms with Crippen LogP contribution >= 0.6 is 0 Å². The largest absolute Gasteiger partial charge is 0.516 e. The molecule has 0 spiro atoms. The normalized spacial score (nSPS) is 11.7. The molecule has 0 aliphatic rings. The number of carbonyl (C=O) groups excluding carboxylic acids is 2. The fourth-order valence-corrected chi connectivity index (χ4v) is 2.18. The van der Waals surface area contributed by atoms with Crippen LogP contribution in [0.15, 0.2) is 24.3 Å². The van der Waals surface area contributed by atoms with Crippen LogP contribution in [0.25, 0.3) is 0 Å². The van der Waals surface area contributed by atoms with Gasteiger partial charge in [0.1, 0.15) is 11.3 Å². The van der Waals surface area contributed by atoms with E-state index in [-0.39, 0.29) is 16.4 Å². The van der Waals surface area contributed by atoms with Gasteiger partial charge in [0.15, 0.2) is 0 Å². The molecule has 0 heterocycles. The van der Waals surface area contributed by atoms with Crippen molar-refractivity contribution < 1.29 is 23.5 Å². The summed E-state index contributed by atoms with van der Waals surface area (Å²) < 4.78 is 15.1. The van der Waals surface area contributed by atoms with Crippen LogP contribution in [0.4, 0.5) is 4.79 Å². The second-order valence-electron chi connectivity index (χ2n) is 6.20. The molecular formula is C15H22O5Si. The maximum atomic E-state index is 12.4. The topological polar surface area (TPSA) is 61.8 Å². The van der Waals surface area contributed by atoms with Crippen LogP contribution in [0.5, 0.6) is 5.75 Å². The number of hydrogen-bond donors (Lipinski definition) is 0. The monoisotopic (exact) mass is 310 g/mol. The molecule has 21 heavy (non-hydrogen) atoms. The lowest BCUT2D eigenvalue weighted by Gasteiger charge is -2.35. The molecule has 0 aliphatic heterocycles. The lowest BCUT2D eigenvalue weighted by atomic mass is 10.2. The summed E-state index contributed by atoms with van der Waals surface area (Å²) in [6, 6.07) is 6.45. The zero-order valence-electron chi connectivity index (χ0n) is 13.4. The lowest BCUT2D eigenvalue weighted by Crippen LogP contribution is -2.42. The Bertz CT molecular complexity index is 531. The first-order chi connectivity index (χ1) is 9.58. The van der Waals surface area contributed by atoms with Crippen molar-refractivity contribution in [2.75, 3.05) is 7.11 Å². The minimum absolute atomic E-state index is 0.0964. The van der Waals surface area contributed by atoms with Gasteiger partial charge in [0.25, 0.3) is 8.32 Å². The van der Waals surface area contributed by atoms with Crippen molar-refractivity contribution in [1.29, 1.82) is 0 Å². The first kappa shape index (κ1) is 17.2. The SMILES string of the molecule is COC(=O)Oc1ccccc1C(=O)O[Si](C)(C)C(C)(C)C. The van der Waals surface area contributed by atoms with Crippen molar-refractivity contribution in [2.45, 2.75) is 38.9 Å². The van der Waals surface area contributed by atoms with Crippen molar-refractivity contribution in [3.8, 4) is 5.75 Å². The molecule has 0 aliphatic carbocycles. The first-order valence-electron chi connectivity index (χ1n) is 6.66. The molecule has 1 aromatic carbocycles. The third-order valence-corrected chi connectivity index (χ3v) is 7.93. The molecular weight excluding hydrogens is 288 g/mol. The van der Waals surface area contributed by atoms with E-state index < -0.39 is 20.4 Å². The van der Waals surface area contributed by atoms with Gasteiger partial charge in [-0.2, -0.15) is 0 Å². The summed E-state index contributed by atoms with van der Waals surface area (Å²) in [5, 5.41) is -0.0964. The molecule has 0 unspecified atom stereocenters. The molecule has 0 N–H and O–H groups in total. The van der Waals surface area contributed by atoms with E-state index in [0.29, 0.717) is 0 Å². The second-order valence-corrected chi connectivity index (χ2v) is 10.9. The van der Waals surface area contributed by atoms with Gasteiger partial charge in [0.2, 0.25) is 0 Å². The maximum Gasteiger partial charge on any atom is 0.513 e. The Morgan fingerprint density at radius 3 is 2.19 bits per heavy atom. The predicted octanol–water partition coefficient (Wildman–Crippen LogP) is 3.99. The smallest absolute Gasteiger partial charge is 0.513 e. The predicted molar refractivity (Wildman–Crippen MR) is 82.1 cm³/mol. The summed E-state index contributed by atoms with van der Waals surface area (Å²) in [4.78, 5) is 23.6. The van der Waals surface area contributed by atoms with Crippen molar-refractivity contribution in [1.82, 2.24) is 0 Å². The highest BCUT2D eigenvalue weighted by Gasteiger charge is 2.41. The van der Waals surface area contributed by atoms with Crippen LogP contribution in [0, 0.1) is 0 Å². The average Bonchev–Trinajstić information content (AvgIpc) is 2.37. The molecule has 116 valence electrons. The third-order valence-electron chi connectivity index (χ3n) is 3.62. The summed E-state index contributed by atoms with van der Waals surface area (Å²) >= 11 is 0. The van der Waals surface area contributed by atoms with Gasteiger partial charge in [-0.05, 0) is 30.3 Å². The summed E-state index contributed by atoms with van der Waals surface area (Å²) in [5.74, 6) is -0.353. The van der Waals surface area contributed by atoms with E-state index in [0.717, 1.165) is 0 Å². The van der Waals surface area contributed by atoms with Crippen molar-refractivity contribution >= 4 is 20.4 Å². The molecule has 0 aromatic heterocycles. The zero-order valence-corrected chi connectivity index (χ0v) is 14.4. The Balaban J connectivity index is 3.01. The minimum Gasteiger partial charge on any atom is -0.516 e. The summed E-state index contributed by atoms with van der Waals surface area (Å²) in [6.07, 6.45) is -0.873. The van der Waals surface area contributed by atoms with Gasteiger partial charge in [-0.1, -0.05) is 32.9 Å². The highest BCUT2D eigenvalue weighted by atomic mass is 28.4. The fraction of sp³-hybridized carbons (Fsp3) is 0.467. The fourth-order valence-electron chi connectivity index (χ4n) is 1.30. The molecule has 0 saturated carbocycles. The standard InChI is InChI=1S/C15H22O5Si/c1-15(2,3)21(5,6)20-13(16)11-9-7-8-10-12(11)19-14(17)18-4/h7-10H,1-6H3. The zero-order chi connectivity index (χ0) is 16.3. The van der Waals surface area contributed by atoms with Gasteiger partial charge in [-0.25, -0.2) is 9.59 Å². The van der Waals surface area contributed by atoms with Gasteiger partial charge >= 0.3 is 12.1 Å². The van der Waals surface area contributed by atoms with E-state index in [1.807, 2.05) is 33.9 Å². The molecule has 1 rings (SSSR count). The molecule has 5 nitrogen and oxygen atoms in total. The Kier molecular flexibility index (Phi) is 5.17. The van der Waals surface area contributed by atoms with Gasteiger partial charge < -0.3 is 13.9 Å². The van der Waals surface area contributed by atoms with Gasteiger partial charge in [-0.15, -0.1) is 0 Å². The van der Waals surface area contributed by atoms with E-state index in [2.05, 4.69) is 4.74 Å². The third kappa shape index (κ3) is 4.32. The van der Waals surface area contributed by atoms with Crippen molar-refractivity contribution in [2.24, 2.45) is 0 Å². The van der Waals surface area contributed by atoms with Gasteiger partial charge in [0, 0.05) is 0 Å². The second kappa shape index (κ2) is 6.30. The molecule has 0 fully saturated rings. The van der Waals surface area contributed by atoms with Crippen molar-refractivity contribution in [3.63, 3.8) is 0 Å². The number of rotatable bonds is 3. The Morgan fingerprint density at radius 1 is 1.10 bits per heavy atom. The highest BCUT2D eigenvalue weighted by molar-refractivity contribution is 6.75. The van der Waals surface area contributed by atoms with E-state index in [1.165, 1.54) is 13.2 Å². The molecule has 0 amide bonds. The summed E-state index contributed by atoms with van der Waals surface area (Å²) in [5.41, 5.74) is 0.215. The first-order valence-corrected chi connectivity index (χ1v) is 9.57. The molecule has 6 heteroatoms. The van der Waals surface area contributed by atoms with Crippen LogP contribution in [-0.4, -0.2) is 27.6 Å².